The lowest BCUT2D eigenvalue weighted by atomic mass is 10.1. The molecule has 0 atom stereocenters. The number of aromatic nitrogens is 4. The number of hydrogen-bond donors (Lipinski definition) is 1. The van der Waals surface area contributed by atoms with Crippen molar-refractivity contribution in [1.82, 2.24) is 19.7 Å². The van der Waals surface area contributed by atoms with Crippen molar-refractivity contribution in [1.29, 1.82) is 0 Å². The van der Waals surface area contributed by atoms with Gasteiger partial charge in [0.2, 0.25) is 5.91 Å². The molecule has 0 aliphatic carbocycles. The molecule has 2 aromatic heterocycles. The molecule has 0 saturated carbocycles. The lowest BCUT2D eigenvalue weighted by molar-refractivity contribution is -0.111. The molecule has 3 aromatic rings. The molecule has 0 aliphatic heterocycles. The van der Waals surface area contributed by atoms with Crippen molar-refractivity contribution in [3.8, 4) is 17.3 Å². The molecule has 0 aliphatic rings. The Morgan fingerprint density at radius 3 is 2.63 bits per heavy atom. The molecule has 156 valence electrons. The summed E-state index contributed by atoms with van der Waals surface area (Å²) >= 11 is 0. The van der Waals surface area contributed by atoms with Crippen molar-refractivity contribution in [2.24, 2.45) is 0 Å². The zero-order chi connectivity index (χ0) is 21.5. The third-order valence-corrected chi connectivity index (χ3v) is 3.52. The number of benzene rings is 1. The summed E-state index contributed by atoms with van der Waals surface area (Å²) in [4.78, 5) is 20.2. The Labute approximate surface area is 166 Å². The van der Waals surface area contributed by atoms with Crippen molar-refractivity contribution < 1.29 is 31.8 Å². The van der Waals surface area contributed by atoms with Gasteiger partial charge in [-0.1, -0.05) is 0 Å². The van der Waals surface area contributed by atoms with Gasteiger partial charge in [0, 0.05) is 23.9 Å². The Morgan fingerprint density at radius 1 is 1.13 bits per heavy atom. The smallest absolute Gasteiger partial charge is 0.387 e. The van der Waals surface area contributed by atoms with Gasteiger partial charge in [0.1, 0.15) is 24.2 Å². The summed E-state index contributed by atoms with van der Waals surface area (Å²) in [5, 5.41) is 6.51. The third-order valence-electron chi connectivity index (χ3n) is 3.52. The van der Waals surface area contributed by atoms with E-state index in [1.165, 1.54) is 35.7 Å². The van der Waals surface area contributed by atoms with Crippen LogP contribution in [0.15, 0.2) is 55.3 Å². The van der Waals surface area contributed by atoms with Gasteiger partial charge in [-0.2, -0.15) is 22.7 Å². The van der Waals surface area contributed by atoms with E-state index in [2.05, 4.69) is 29.9 Å². The lowest BCUT2D eigenvalue weighted by Gasteiger charge is -2.11. The highest BCUT2D eigenvalue weighted by Gasteiger charge is 2.13. The summed E-state index contributed by atoms with van der Waals surface area (Å²) in [5.74, 6) is -1.10. The van der Waals surface area contributed by atoms with E-state index < -0.39 is 24.9 Å². The normalized spacial score (nSPS) is 11.3. The number of anilines is 1. The highest BCUT2D eigenvalue weighted by atomic mass is 19.3. The molecular weight excluding hydrogens is 410 g/mol. The Balaban J connectivity index is 1.78. The quantitative estimate of drug-likeness (QED) is 0.440. The largest absolute Gasteiger partial charge is 0.435 e. The van der Waals surface area contributed by atoms with Crippen molar-refractivity contribution in [2.45, 2.75) is 13.2 Å². The Hall–Kier alpha value is -3.96. The molecule has 0 radical (unpaired) electrons. The average molecular weight is 423 g/mol. The molecule has 0 fully saturated rings. The molecule has 30 heavy (non-hydrogen) atoms. The number of amides is 1. The van der Waals surface area contributed by atoms with Crippen LogP contribution in [0.25, 0.3) is 11.9 Å². The van der Waals surface area contributed by atoms with Crippen LogP contribution >= 0.6 is 0 Å². The summed E-state index contributed by atoms with van der Waals surface area (Å²) in [6.45, 7) is -6.33. The minimum absolute atomic E-state index is 0.0507. The van der Waals surface area contributed by atoms with Crippen molar-refractivity contribution in [3.05, 3.63) is 60.8 Å². The number of rotatable bonds is 8. The van der Waals surface area contributed by atoms with Crippen LogP contribution < -0.4 is 14.8 Å². The molecule has 0 bridgehead atoms. The standard InChI is InChI=1S/C18H13F4N5O3/c19-17(20)29-12-5-3-11(14(8-12)30-18(21)22)4-6-15(28)26-13-2-1-7-24-16(13)27-10-23-9-25-27/h1-10,17-18H,(H,26,28)/b6-4+. The lowest BCUT2D eigenvalue weighted by Crippen LogP contribution is -2.12. The molecule has 8 nitrogen and oxygen atoms in total. The predicted octanol–water partition coefficient (Wildman–Crippen LogP) is 3.52. The summed E-state index contributed by atoms with van der Waals surface area (Å²) in [6.07, 6.45) is 6.43. The van der Waals surface area contributed by atoms with Crippen LogP contribution in [0.3, 0.4) is 0 Å². The highest BCUT2D eigenvalue weighted by molar-refractivity contribution is 6.03. The summed E-state index contributed by atoms with van der Waals surface area (Å²) in [5.41, 5.74) is 0.372. The molecular formula is C18H13F4N5O3. The van der Waals surface area contributed by atoms with E-state index in [1.54, 1.807) is 12.1 Å². The van der Waals surface area contributed by atoms with Crippen LogP contribution in [0.5, 0.6) is 11.5 Å². The number of halogens is 4. The second-order valence-electron chi connectivity index (χ2n) is 5.49. The van der Waals surface area contributed by atoms with E-state index in [4.69, 9.17) is 0 Å². The molecule has 0 spiro atoms. The van der Waals surface area contributed by atoms with E-state index in [0.29, 0.717) is 11.5 Å². The van der Waals surface area contributed by atoms with Crippen molar-refractivity contribution in [3.63, 3.8) is 0 Å². The minimum atomic E-state index is -3.20. The molecule has 2 heterocycles. The van der Waals surface area contributed by atoms with Gasteiger partial charge < -0.3 is 14.8 Å². The monoisotopic (exact) mass is 423 g/mol. The first kappa shape index (κ1) is 20.8. The number of nitrogens with zero attached hydrogens (tertiary/aromatic N) is 4. The SMILES string of the molecule is O=C(/C=C/c1ccc(OC(F)F)cc1OC(F)F)Nc1cccnc1-n1cncn1. The molecule has 3 rings (SSSR count). The number of nitrogens with one attached hydrogen (secondary N) is 1. The summed E-state index contributed by atoms with van der Waals surface area (Å²) in [6, 6.07) is 6.38. The molecule has 0 saturated heterocycles. The van der Waals surface area contributed by atoms with Gasteiger partial charge in [-0.25, -0.2) is 14.6 Å². The van der Waals surface area contributed by atoms with Crippen LogP contribution in [0.4, 0.5) is 23.2 Å². The molecule has 12 heteroatoms. The van der Waals surface area contributed by atoms with Gasteiger partial charge in [-0.3, -0.25) is 4.79 Å². The van der Waals surface area contributed by atoms with Gasteiger partial charge in [-0.05, 0) is 30.3 Å². The average Bonchev–Trinajstić information content (AvgIpc) is 3.21. The zero-order valence-electron chi connectivity index (χ0n) is 15.0. The maximum Gasteiger partial charge on any atom is 0.387 e. The zero-order valence-corrected chi connectivity index (χ0v) is 15.0. The fourth-order valence-electron chi connectivity index (χ4n) is 2.36. The maximum absolute atomic E-state index is 12.6. The van der Waals surface area contributed by atoms with E-state index in [1.807, 2.05) is 0 Å². The number of carbonyl (C=O) groups is 1. The summed E-state index contributed by atoms with van der Waals surface area (Å²) < 4.78 is 59.7. The van der Waals surface area contributed by atoms with Crippen LogP contribution in [0.2, 0.25) is 0 Å². The van der Waals surface area contributed by atoms with Crippen LogP contribution in [-0.4, -0.2) is 38.9 Å². The van der Waals surface area contributed by atoms with Gasteiger partial charge in [0.15, 0.2) is 5.82 Å². The van der Waals surface area contributed by atoms with E-state index in [-0.39, 0.29) is 11.3 Å². The topological polar surface area (TPSA) is 91.2 Å². The minimum Gasteiger partial charge on any atom is -0.435 e. The van der Waals surface area contributed by atoms with Gasteiger partial charge in [-0.15, -0.1) is 0 Å². The Morgan fingerprint density at radius 2 is 1.93 bits per heavy atom. The first-order valence-corrected chi connectivity index (χ1v) is 8.25. The molecule has 1 N–H and O–H groups in total. The Kier molecular flexibility index (Phi) is 6.57. The number of ether oxygens (including phenoxy) is 2. The van der Waals surface area contributed by atoms with Gasteiger partial charge >= 0.3 is 13.2 Å². The Bertz CT molecular complexity index is 1030. The second-order valence-corrected chi connectivity index (χ2v) is 5.49. The first-order valence-electron chi connectivity index (χ1n) is 8.25. The fraction of sp³-hybridized carbons (Fsp3) is 0.111. The van der Waals surface area contributed by atoms with Gasteiger partial charge in [0.05, 0.1) is 5.69 Å². The van der Waals surface area contributed by atoms with Crippen LogP contribution in [0.1, 0.15) is 5.56 Å². The maximum atomic E-state index is 12.6. The number of carbonyl (C=O) groups excluding carboxylic acids is 1. The summed E-state index contributed by atoms with van der Waals surface area (Å²) in [7, 11) is 0. The predicted molar refractivity (Wildman–Crippen MR) is 96.5 cm³/mol. The molecule has 1 amide bonds. The highest BCUT2D eigenvalue weighted by Crippen LogP contribution is 2.28. The van der Waals surface area contributed by atoms with Gasteiger partial charge in [0.25, 0.3) is 0 Å². The third kappa shape index (κ3) is 5.53. The van der Waals surface area contributed by atoms with E-state index >= 15 is 0 Å². The molecule has 0 unspecified atom stereocenters. The number of pyridine rings is 1. The van der Waals surface area contributed by atoms with Crippen molar-refractivity contribution >= 4 is 17.7 Å². The van der Waals surface area contributed by atoms with E-state index in [9.17, 15) is 22.4 Å². The molecule has 1 aromatic carbocycles. The number of hydrogen-bond acceptors (Lipinski definition) is 6. The number of alkyl halides is 4. The first-order chi connectivity index (χ1) is 14.4. The van der Waals surface area contributed by atoms with Crippen LogP contribution in [-0.2, 0) is 4.79 Å². The van der Waals surface area contributed by atoms with Crippen molar-refractivity contribution in [2.75, 3.05) is 5.32 Å². The second kappa shape index (κ2) is 9.49. The fourth-order valence-corrected chi connectivity index (χ4v) is 2.36. The van der Waals surface area contributed by atoms with E-state index in [0.717, 1.165) is 18.2 Å². The van der Waals surface area contributed by atoms with Crippen LogP contribution in [0, 0.1) is 0 Å².